The third kappa shape index (κ3) is 4.04. The van der Waals surface area contributed by atoms with E-state index >= 15 is 0 Å². The second-order valence-corrected chi connectivity index (χ2v) is 9.15. The van der Waals surface area contributed by atoms with Gasteiger partial charge in [0.05, 0.1) is 16.8 Å². The highest BCUT2D eigenvalue weighted by Crippen LogP contribution is 2.37. The lowest BCUT2D eigenvalue weighted by Gasteiger charge is -2.27. The molecule has 0 aliphatic carbocycles. The number of fused-ring (bicyclic) bond motifs is 3. The number of anilines is 1. The molecule has 0 radical (unpaired) electrons. The second-order valence-electron chi connectivity index (χ2n) is 8.10. The van der Waals surface area contributed by atoms with E-state index in [0.717, 1.165) is 62.9 Å². The number of hydrogen-bond donors (Lipinski definition) is 3. The average Bonchev–Trinajstić information content (AvgIpc) is 3.22. The minimum atomic E-state index is -0.910. The zero-order valence-electron chi connectivity index (χ0n) is 17.6. The first-order valence-electron chi connectivity index (χ1n) is 10.8. The van der Waals surface area contributed by atoms with Crippen LogP contribution in [-0.4, -0.2) is 45.5 Å². The molecule has 1 unspecified atom stereocenters. The molecule has 0 spiro atoms. The molecule has 1 atom stereocenters. The van der Waals surface area contributed by atoms with Crippen LogP contribution in [0.25, 0.3) is 31.4 Å². The van der Waals surface area contributed by atoms with Crippen LogP contribution in [0.4, 0.5) is 5.82 Å². The molecule has 1 amide bonds. The maximum atomic E-state index is 12.4. The quantitative estimate of drug-likeness (QED) is 0.403. The van der Waals surface area contributed by atoms with Crippen molar-refractivity contribution in [2.45, 2.75) is 25.5 Å². The normalized spacial score (nSPS) is 15.3. The maximum absolute atomic E-state index is 12.4. The van der Waals surface area contributed by atoms with Crippen LogP contribution < -0.4 is 11.1 Å². The molecule has 1 aliphatic rings. The largest absolute Gasteiger partial charge is 0.382 e. The van der Waals surface area contributed by atoms with Gasteiger partial charge in [0.1, 0.15) is 18.4 Å². The number of thiophene rings is 1. The van der Waals surface area contributed by atoms with E-state index in [0.29, 0.717) is 5.82 Å². The number of nitrogen functional groups attached to an aromatic ring is 1. The number of aliphatic hydroxyl groups is 1. The molecular weight excluding hydrogens is 422 g/mol. The van der Waals surface area contributed by atoms with Gasteiger partial charge in [-0.2, -0.15) is 0 Å². The number of piperidine rings is 1. The fraction of sp³-hybridized carbons (Fsp3) is 0.292. The Morgan fingerprint density at radius 3 is 2.78 bits per heavy atom. The number of nitrogens with two attached hydrogens (primary N) is 1. The predicted molar refractivity (Wildman–Crippen MR) is 128 cm³/mol. The van der Waals surface area contributed by atoms with Gasteiger partial charge in [0, 0.05) is 23.2 Å². The number of carbonyl (C=O) groups is 1. The molecule has 5 rings (SSSR count). The summed E-state index contributed by atoms with van der Waals surface area (Å²) in [5.74, 6) is 0.533. The molecule has 7 nitrogen and oxygen atoms in total. The topological polar surface area (TPSA) is 104 Å². The zero-order chi connectivity index (χ0) is 22.1. The number of hydrogen-bond acceptors (Lipinski definition) is 7. The fourth-order valence-corrected chi connectivity index (χ4v) is 5.31. The van der Waals surface area contributed by atoms with Gasteiger partial charge >= 0.3 is 0 Å². The Labute approximate surface area is 189 Å². The minimum absolute atomic E-state index is 0.0393. The number of nitrogens with zero attached hydrogens (tertiary/aromatic N) is 3. The number of carbonyl (C=O) groups excluding carboxylic acids is 1. The summed E-state index contributed by atoms with van der Waals surface area (Å²) < 4.78 is 1.98. The smallest absolute Gasteiger partial charge is 0.236 e. The molecule has 0 bridgehead atoms. The highest BCUT2D eigenvalue weighted by atomic mass is 32.1. The lowest BCUT2D eigenvalue weighted by Crippen LogP contribution is -2.41. The lowest BCUT2D eigenvalue weighted by molar-refractivity contribution is -0.131. The van der Waals surface area contributed by atoms with Crippen molar-refractivity contribution in [2.24, 2.45) is 0 Å². The molecule has 164 valence electrons. The Hall–Kier alpha value is -3.07. The number of nitrogens with one attached hydrogen (secondary N) is 1. The van der Waals surface area contributed by atoms with E-state index in [1.807, 2.05) is 35.2 Å². The van der Waals surface area contributed by atoms with Crippen LogP contribution in [0, 0.1) is 0 Å². The molecule has 2 aromatic heterocycles. The molecule has 4 aromatic rings. The number of likely N-dealkylation sites (tertiary alicyclic amines) is 1. The summed E-state index contributed by atoms with van der Waals surface area (Å²) in [4.78, 5) is 22.7. The van der Waals surface area contributed by atoms with Gasteiger partial charge in [0.15, 0.2) is 0 Å². The second kappa shape index (κ2) is 8.82. The van der Waals surface area contributed by atoms with E-state index in [2.05, 4.69) is 27.4 Å². The monoisotopic (exact) mass is 447 g/mol. The Morgan fingerprint density at radius 1 is 1.12 bits per heavy atom. The number of rotatable bonds is 5. The first-order chi connectivity index (χ1) is 15.6. The van der Waals surface area contributed by atoms with E-state index < -0.39 is 6.23 Å². The van der Waals surface area contributed by atoms with Gasteiger partial charge < -0.3 is 15.7 Å². The summed E-state index contributed by atoms with van der Waals surface area (Å²) in [7, 11) is 0. The zero-order valence-corrected chi connectivity index (χ0v) is 18.4. The summed E-state index contributed by atoms with van der Waals surface area (Å²) >= 11 is 1.58. The van der Waals surface area contributed by atoms with Crippen LogP contribution in [0.5, 0.6) is 0 Å². The third-order valence-corrected chi connectivity index (χ3v) is 7.14. The Bertz CT molecular complexity index is 1280. The fourth-order valence-electron chi connectivity index (χ4n) is 4.22. The van der Waals surface area contributed by atoms with Gasteiger partial charge in [-0.25, -0.2) is 9.97 Å². The van der Waals surface area contributed by atoms with Crippen molar-refractivity contribution >= 4 is 43.4 Å². The standard InChI is InChI=1S/C24H25N5O2S/c25-23-22-21(27-14-28-23)18-8-7-16(12-19(18)32-22)15-5-4-6-17(11-15)24(31)26-13-20(30)29-9-2-1-3-10-29/h4-8,11-12,14,24,26,31H,1-3,9-10,13H2,(H2,25,27,28). The molecule has 4 N–H and O–H groups in total. The first-order valence-corrected chi connectivity index (χ1v) is 11.6. The van der Waals surface area contributed by atoms with Crippen molar-refractivity contribution in [3.8, 4) is 11.1 Å². The first kappa shape index (κ1) is 20.8. The van der Waals surface area contributed by atoms with Crippen LogP contribution in [0.3, 0.4) is 0 Å². The molecule has 1 saturated heterocycles. The average molecular weight is 448 g/mol. The van der Waals surface area contributed by atoms with E-state index in [1.54, 1.807) is 11.3 Å². The number of aliphatic hydroxyl groups excluding tert-OH is 1. The van der Waals surface area contributed by atoms with Crippen LogP contribution in [-0.2, 0) is 4.79 Å². The van der Waals surface area contributed by atoms with Crippen molar-refractivity contribution in [1.29, 1.82) is 0 Å². The highest BCUT2D eigenvalue weighted by Gasteiger charge is 2.18. The van der Waals surface area contributed by atoms with E-state index in [4.69, 9.17) is 5.73 Å². The molecule has 3 heterocycles. The molecule has 1 aliphatic heterocycles. The highest BCUT2D eigenvalue weighted by molar-refractivity contribution is 7.26. The number of benzene rings is 2. The van der Waals surface area contributed by atoms with Crippen LogP contribution in [0.15, 0.2) is 48.8 Å². The molecule has 8 heteroatoms. The van der Waals surface area contributed by atoms with Gasteiger partial charge in [-0.05, 0) is 48.1 Å². The van der Waals surface area contributed by atoms with Gasteiger partial charge in [-0.1, -0.05) is 30.3 Å². The summed E-state index contributed by atoms with van der Waals surface area (Å²) in [6, 6.07) is 13.9. The van der Waals surface area contributed by atoms with Crippen molar-refractivity contribution < 1.29 is 9.90 Å². The van der Waals surface area contributed by atoms with Crippen LogP contribution >= 0.6 is 11.3 Å². The van der Waals surface area contributed by atoms with Crippen molar-refractivity contribution in [3.63, 3.8) is 0 Å². The predicted octanol–water partition coefficient (Wildman–Crippen LogP) is 3.69. The van der Waals surface area contributed by atoms with Crippen LogP contribution in [0.1, 0.15) is 31.1 Å². The molecule has 1 fully saturated rings. The molecule has 2 aromatic carbocycles. The molecule has 0 saturated carbocycles. The number of aromatic nitrogens is 2. The maximum Gasteiger partial charge on any atom is 0.236 e. The SMILES string of the molecule is Nc1ncnc2c1sc1cc(-c3cccc(C(O)NCC(=O)N4CCCCC4)c3)ccc12. The minimum Gasteiger partial charge on any atom is -0.382 e. The van der Waals surface area contributed by atoms with Crippen molar-refractivity contribution in [1.82, 2.24) is 20.2 Å². The Balaban J connectivity index is 1.35. The molecule has 32 heavy (non-hydrogen) atoms. The number of amides is 1. The molecular formula is C24H25N5O2S. The van der Waals surface area contributed by atoms with E-state index in [9.17, 15) is 9.90 Å². The lowest BCUT2D eigenvalue weighted by atomic mass is 10.0. The summed E-state index contributed by atoms with van der Waals surface area (Å²) in [5, 5.41) is 14.6. The van der Waals surface area contributed by atoms with Crippen molar-refractivity contribution in [2.75, 3.05) is 25.4 Å². The van der Waals surface area contributed by atoms with Crippen molar-refractivity contribution in [3.05, 3.63) is 54.4 Å². The summed E-state index contributed by atoms with van der Waals surface area (Å²) in [5.41, 5.74) is 9.64. The Morgan fingerprint density at radius 2 is 1.94 bits per heavy atom. The Kier molecular flexibility index (Phi) is 5.73. The van der Waals surface area contributed by atoms with Gasteiger partial charge in [0.25, 0.3) is 0 Å². The van der Waals surface area contributed by atoms with E-state index in [-0.39, 0.29) is 12.5 Å². The van der Waals surface area contributed by atoms with Crippen LogP contribution in [0.2, 0.25) is 0 Å². The van der Waals surface area contributed by atoms with E-state index in [1.165, 1.54) is 12.7 Å². The van der Waals surface area contributed by atoms with Gasteiger partial charge in [-0.3, -0.25) is 10.1 Å². The van der Waals surface area contributed by atoms with Gasteiger partial charge in [0.2, 0.25) is 5.91 Å². The summed E-state index contributed by atoms with van der Waals surface area (Å²) in [6.45, 7) is 1.74. The summed E-state index contributed by atoms with van der Waals surface area (Å²) in [6.07, 6.45) is 3.87. The third-order valence-electron chi connectivity index (χ3n) is 5.97. The van der Waals surface area contributed by atoms with Gasteiger partial charge in [-0.15, -0.1) is 11.3 Å².